The minimum Gasteiger partial charge on any atom is -0.480 e. The van der Waals surface area contributed by atoms with Crippen LogP contribution in [0.4, 0.5) is 5.13 Å². The molecule has 0 saturated heterocycles. The quantitative estimate of drug-likeness (QED) is 0.905. The fraction of sp³-hybridized carbons (Fsp3) is 0.467. The molecule has 0 aromatic carbocycles. The summed E-state index contributed by atoms with van der Waals surface area (Å²) in [6, 6.07) is 0. The first-order valence-electron chi connectivity index (χ1n) is 7.42. The number of anilines is 1. The number of thiazole rings is 1. The van der Waals surface area contributed by atoms with Crippen molar-refractivity contribution in [3.63, 3.8) is 0 Å². The summed E-state index contributed by atoms with van der Waals surface area (Å²) in [4.78, 5) is 24.9. The normalized spacial score (nSPS) is 14.7. The molecule has 0 radical (unpaired) electrons. The third kappa shape index (κ3) is 3.26. The van der Waals surface area contributed by atoms with Crippen LogP contribution >= 0.6 is 11.3 Å². The number of aromatic nitrogens is 3. The van der Waals surface area contributed by atoms with E-state index in [9.17, 15) is 4.79 Å². The Labute approximate surface area is 138 Å². The zero-order chi connectivity index (χ0) is 16.2. The van der Waals surface area contributed by atoms with E-state index in [1.165, 1.54) is 57.6 Å². The van der Waals surface area contributed by atoms with E-state index in [4.69, 9.17) is 9.47 Å². The van der Waals surface area contributed by atoms with Crippen molar-refractivity contribution in [3.8, 4) is 11.8 Å². The molecular weight excluding hydrogens is 316 g/mol. The van der Waals surface area contributed by atoms with Crippen LogP contribution in [0, 0.1) is 0 Å². The van der Waals surface area contributed by atoms with E-state index in [0.717, 1.165) is 5.69 Å². The summed E-state index contributed by atoms with van der Waals surface area (Å²) in [5.41, 5.74) is 1.22. The molecule has 3 rings (SSSR count). The predicted octanol–water partition coefficient (Wildman–Crippen LogP) is 2.86. The van der Waals surface area contributed by atoms with Crippen molar-refractivity contribution in [1.29, 1.82) is 0 Å². The molecule has 1 saturated carbocycles. The third-order valence-corrected chi connectivity index (χ3v) is 4.68. The van der Waals surface area contributed by atoms with Gasteiger partial charge in [0.2, 0.25) is 11.8 Å². The van der Waals surface area contributed by atoms with Gasteiger partial charge in [-0.2, -0.15) is 0 Å². The summed E-state index contributed by atoms with van der Waals surface area (Å²) >= 11 is 1.42. The Kier molecular flexibility index (Phi) is 4.71. The molecule has 2 aromatic rings. The molecule has 1 amide bonds. The Hall–Kier alpha value is -2.22. The Morgan fingerprint density at radius 2 is 1.87 bits per heavy atom. The third-order valence-electron chi connectivity index (χ3n) is 3.91. The molecule has 0 atom stereocenters. The van der Waals surface area contributed by atoms with Crippen molar-refractivity contribution in [2.45, 2.75) is 31.6 Å². The summed E-state index contributed by atoms with van der Waals surface area (Å²) in [6.45, 7) is 0. The first kappa shape index (κ1) is 15.7. The van der Waals surface area contributed by atoms with Gasteiger partial charge in [-0.15, -0.1) is 11.3 Å². The van der Waals surface area contributed by atoms with Crippen LogP contribution in [0.3, 0.4) is 0 Å². The summed E-state index contributed by atoms with van der Waals surface area (Å²) < 4.78 is 10.2. The Morgan fingerprint density at radius 1 is 1.22 bits per heavy atom. The number of methoxy groups -OCH3 is 2. The van der Waals surface area contributed by atoms with Crippen LogP contribution in [0.25, 0.3) is 0 Å². The van der Waals surface area contributed by atoms with Gasteiger partial charge in [-0.25, -0.2) is 15.0 Å². The number of hydrogen-bond donors (Lipinski definition) is 1. The summed E-state index contributed by atoms with van der Waals surface area (Å²) in [6.07, 6.45) is 6.13. The van der Waals surface area contributed by atoms with Crippen LogP contribution in [0.2, 0.25) is 0 Å². The topological polar surface area (TPSA) is 86.2 Å². The molecule has 0 aliphatic heterocycles. The van der Waals surface area contributed by atoms with Gasteiger partial charge in [0.1, 0.15) is 6.33 Å². The molecule has 7 nitrogen and oxygen atoms in total. The van der Waals surface area contributed by atoms with Crippen molar-refractivity contribution < 1.29 is 14.3 Å². The first-order valence-corrected chi connectivity index (χ1v) is 8.30. The Balaban J connectivity index is 1.79. The minimum atomic E-state index is -0.397. The van der Waals surface area contributed by atoms with Gasteiger partial charge in [0.15, 0.2) is 10.7 Å². The van der Waals surface area contributed by atoms with E-state index < -0.39 is 5.91 Å². The number of nitrogens with one attached hydrogen (secondary N) is 1. The van der Waals surface area contributed by atoms with E-state index in [1.807, 2.05) is 5.38 Å². The van der Waals surface area contributed by atoms with E-state index in [0.29, 0.717) is 11.0 Å². The lowest BCUT2D eigenvalue weighted by molar-refractivity contribution is 0.101. The SMILES string of the molecule is COc1ncnc(OC)c1C(=O)Nc1nc(C2CCCC2)cs1. The van der Waals surface area contributed by atoms with Gasteiger partial charge < -0.3 is 9.47 Å². The molecule has 0 unspecified atom stereocenters. The van der Waals surface area contributed by atoms with Crippen molar-refractivity contribution in [2.75, 3.05) is 19.5 Å². The molecule has 1 aliphatic rings. The lowest BCUT2D eigenvalue weighted by Gasteiger charge is -2.09. The number of rotatable bonds is 5. The van der Waals surface area contributed by atoms with Crippen molar-refractivity contribution >= 4 is 22.4 Å². The van der Waals surface area contributed by atoms with Crippen molar-refractivity contribution in [2.24, 2.45) is 0 Å². The largest absolute Gasteiger partial charge is 0.480 e. The van der Waals surface area contributed by atoms with Gasteiger partial charge in [-0.1, -0.05) is 12.8 Å². The zero-order valence-corrected chi connectivity index (χ0v) is 13.9. The number of carbonyl (C=O) groups is 1. The standard InChI is InChI=1S/C15H18N4O3S/c1-21-13-11(14(22-2)17-8-16-13)12(20)19-15-18-10(7-23-15)9-5-3-4-6-9/h7-9H,3-6H2,1-2H3,(H,18,19,20). The second-order valence-corrected chi connectivity index (χ2v) is 6.14. The van der Waals surface area contributed by atoms with Crippen LogP contribution < -0.4 is 14.8 Å². The molecule has 2 aromatic heterocycles. The molecule has 1 N–H and O–H groups in total. The second kappa shape index (κ2) is 6.91. The molecule has 2 heterocycles. The molecule has 1 aliphatic carbocycles. The maximum atomic E-state index is 12.5. The van der Waals surface area contributed by atoms with Crippen LogP contribution in [-0.2, 0) is 0 Å². The summed E-state index contributed by atoms with van der Waals surface area (Å²) in [7, 11) is 2.89. The van der Waals surface area contributed by atoms with E-state index >= 15 is 0 Å². The summed E-state index contributed by atoms with van der Waals surface area (Å²) in [5, 5.41) is 5.36. The number of carbonyl (C=O) groups excluding carboxylic acids is 1. The zero-order valence-electron chi connectivity index (χ0n) is 13.0. The second-order valence-electron chi connectivity index (χ2n) is 5.28. The minimum absolute atomic E-state index is 0.162. The average Bonchev–Trinajstić information content (AvgIpc) is 3.25. The van der Waals surface area contributed by atoms with E-state index in [1.54, 1.807) is 0 Å². The fourth-order valence-electron chi connectivity index (χ4n) is 2.77. The Bertz CT molecular complexity index is 676. The highest BCUT2D eigenvalue weighted by Crippen LogP contribution is 2.35. The highest BCUT2D eigenvalue weighted by atomic mass is 32.1. The van der Waals surface area contributed by atoms with Crippen LogP contribution in [0.15, 0.2) is 11.7 Å². The molecule has 122 valence electrons. The number of amides is 1. The van der Waals surface area contributed by atoms with Gasteiger partial charge in [-0.3, -0.25) is 10.1 Å². The van der Waals surface area contributed by atoms with Crippen molar-refractivity contribution in [1.82, 2.24) is 15.0 Å². The summed E-state index contributed by atoms with van der Waals surface area (Å²) in [5.74, 6) is 0.455. The highest BCUT2D eigenvalue weighted by molar-refractivity contribution is 7.14. The van der Waals surface area contributed by atoms with Gasteiger partial charge in [0.05, 0.1) is 19.9 Å². The first-order chi connectivity index (χ1) is 11.2. The monoisotopic (exact) mass is 334 g/mol. The molecule has 0 bridgehead atoms. The fourth-order valence-corrected chi connectivity index (χ4v) is 3.56. The lowest BCUT2D eigenvalue weighted by Crippen LogP contribution is -2.16. The number of ether oxygens (including phenoxy) is 2. The molecule has 23 heavy (non-hydrogen) atoms. The maximum absolute atomic E-state index is 12.5. The molecule has 8 heteroatoms. The molecular formula is C15H18N4O3S. The van der Waals surface area contributed by atoms with Crippen LogP contribution in [-0.4, -0.2) is 35.1 Å². The highest BCUT2D eigenvalue weighted by Gasteiger charge is 2.23. The van der Waals surface area contributed by atoms with E-state index in [-0.39, 0.29) is 17.3 Å². The lowest BCUT2D eigenvalue weighted by atomic mass is 10.1. The molecule has 0 spiro atoms. The van der Waals surface area contributed by atoms with Gasteiger partial charge in [0.25, 0.3) is 5.91 Å². The maximum Gasteiger partial charge on any atom is 0.268 e. The van der Waals surface area contributed by atoms with Crippen LogP contribution in [0.5, 0.6) is 11.8 Å². The molecule has 1 fully saturated rings. The van der Waals surface area contributed by atoms with Gasteiger partial charge >= 0.3 is 0 Å². The van der Waals surface area contributed by atoms with E-state index in [2.05, 4.69) is 20.3 Å². The number of nitrogens with zero attached hydrogens (tertiary/aromatic N) is 3. The smallest absolute Gasteiger partial charge is 0.268 e. The van der Waals surface area contributed by atoms with Gasteiger partial charge in [0, 0.05) is 11.3 Å². The number of hydrogen-bond acceptors (Lipinski definition) is 7. The van der Waals surface area contributed by atoms with Gasteiger partial charge in [-0.05, 0) is 12.8 Å². The average molecular weight is 334 g/mol. The Morgan fingerprint density at radius 3 is 2.48 bits per heavy atom. The predicted molar refractivity (Wildman–Crippen MR) is 86.4 cm³/mol. The van der Waals surface area contributed by atoms with Crippen molar-refractivity contribution in [3.05, 3.63) is 23.0 Å². The van der Waals surface area contributed by atoms with Crippen LogP contribution in [0.1, 0.15) is 47.7 Å².